The first-order valence-electron chi connectivity index (χ1n) is 4.81. The van der Waals surface area contributed by atoms with E-state index in [1.54, 1.807) is 36.4 Å². The summed E-state index contributed by atoms with van der Waals surface area (Å²) in [6.45, 7) is 0. The Morgan fingerprint density at radius 2 is 1.38 bits per heavy atom. The fourth-order valence-corrected chi connectivity index (χ4v) is 2.21. The van der Waals surface area contributed by atoms with Gasteiger partial charge in [0.1, 0.15) is 11.5 Å². The van der Waals surface area contributed by atoms with Crippen LogP contribution in [0.4, 0.5) is 0 Å². The first kappa shape index (κ1) is 12.6. The van der Waals surface area contributed by atoms with Crippen LogP contribution in [-0.2, 0) is 0 Å². The molecule has 0 saturated heterocycles. The van der Waals surface area contributed by atoms with Crippen LogP contribution in [0.15, 0.2) is 54.6 Å². The Hall–Kier alpha value is -1.45. The van der Waals surface area contributed by atoms with E-state index in [-0.39, 0.29) is 0 Å². The normalized spacial score (nSPS) is 9.81. The van der Waals surface area contributed by atoms with Crippen LogP contribution in [0, 0.1) is 0 Å². The number of para-hydroxylation sites is 2. The fourth-order valence-electron chi connectivity index (χ4n) is 1.05. The molecule has 2 N–H and O–H groups in total. The lowest BCUT2D eigenvalue weighted by Gasteiger charge is -1.95. The van der Waals surface area contributed by atoms with Gasteiger partial charge in [0, 0.05) is 0 Å². The topological polar surface area (TPSA) is 40.5 Å². The molecule has 0 aliphatic heterocycles. The average Bonchev–Trinajstić information content (AvgIpc) is 2.31. The molecule has 0 spiro atoms. The van der Waals surface area contributed by atoms with E-state index in [9.17, 15) is 0 Å². The second-order valence-electron chi connectivity index (χ2n) is 3.10. The van der Waals surface area contributed by atoms with E-state index in [0.29, 0.717) is 11.5 Å². The molecule has 0 aromatic heterocycles. The molecule has 0 saturated carbocycles. The second-order valence-corrected chi connectivity index (χ2v) is 4.93. The van der Waals surface area contributed by atoms with Crippen molar-refractivity contribution in [1.82, 2.24) is 0 Å². The van der Waals surface area contributed by atoms with Crippen molar-refractivity contribution in [3.05, 3.63) is 54.6 Å². The Labute approximate surface area is 102 Å². The van der Waals surface area contributed by atoms with Gasteiger partial charge in [-0.3, -0.25) is 0 Å². The zero-order valence-electron chi connectivity index (χ0n) is 8.68. The van der Waals surface area contributed by atoms with Gasteiger partial charge in [-0.1, -0.05) is 36.4 Å². The van der Waals surface area contributed by atoms with E-state index >= 15 is 0 Å². The maximum Gasteiger partial charge on any atom is 0.160 e. The first-order valence-corrected chi connectivity index (χ1v) is 7.65. The molecule has 0 fully saturated rings. The molecule has 2 aromatic carbocycles. The van der Waals surface area contributed by atoms with E-state index in [1.807, 2.05) is 18.2 Å². The molecule has 16 heavy (non-hydrogen) atoms. The van der Waals surface area contributed by atoms with Crippen LogP contribution in [0.25, 0.3) is 0 Å². The third-order valence-electron chi connectivity index (χ3n) is 1.89. The monoisotopic (exact) mass is 252 g/mol. The highest BCUT2D eigenvalue weighted by Crippen LogP contribution is 2.03. The highest BCUT2D eigenvalue weighted by molar-refractivity contribution is 7.01. The van der Waals surface area contributed by atoms with E-state index in [2.05, 4.69) is 0 Å². The molecule has 2 rings (SSSR count). The second kappa shape index (κ2) is 6.93. The van der Waals surface area contributed by atoms with Gasteiger partial charge < -0.3 is 10.2 Å². The van der Waals surface area contributed by atoms with Gasteiger partial charge in [0.2, 0.25) is 0 Å². The summed E-state index contributed by atoms with van der Waals surface area (Å²) in [5, 5.41) is 18.6. The Morgan fingerprint density at radius 3 is 1.75 bits per heavy atom. The Morgan fingerprint density at radius 1 is 0.812 bits per heavy atom. The number of hydrogen-bond donors (Lipinski definition) is 2. The molecule has 0 amide bonds. The number of rotatable bonds is 1. The number of benzene rings is 2. The van der Waals surface area contributed by atoms with Gasteiger partial charge in [-0.05, 0) is 23.4 Å². The van der Waals surface area contributed by atoms with Crippen LogP contribution in [0.1, 0.15) is 0 Å². The molecular formula is C12H13ClO2Si. The van der Waals surface area contributed by atoms with Gasteiger partial charge in [0.25, 0.3) is 0 Å². The van der Waals surface area contributed by atoms with Gasteiger partial charge >= 0.3 is 0 Å². The maximum absolute atomic E-state index is 9.06. The van der Waals surface area contributed by atoms with E-state index in [0.717, 1.165) is 5.19 Å². The van der Waals surface area contributed by atoms with Crippen molar-refractivity contribution in [2.45, 2.75) is 0 Å². The first-order chi connectivity index (χ1) is 7.74. The summed E-state index contributed by atoms with van der Waals surface area (Å²) < 4.78 is 0. The van der Waals surface area contributed by atoms with Crippen molar-refractivity contribution < 1.29 is 10.2 Å². The maximum atomic E-state index is 9.06. The van der Waals surface area contributed by atoms with Gasteiger partial charge in [-0.2, -0.15) is 11.1 Å². The highest BCUT2D eigenvalue weighted by Gasteiger charge is 1.94. The van der Waals surface area contributed by atoms with Crippen molar-refractivity contribution >= 4 is 25.1 Å². The minimum atomic E-state index is -0.715. The number of phenols is 2. The summed E-state index contributed by atoms with van der Waals surface area (Å²) in [7, 11) is -0.715. The summed E-state index contributed by atoms with van der Waals surface area (Å²) in [5.74, 6) is 0.654. The minimum Gasteiger partial charge on any atom is -0.508 e. The van der Waals surface area contributed by atoms with Gasteiger partial charge in [-0.15, -0.1) is 0 Å². The fraction of sp³-hybridized carbons (Fsp3) is 0. The van der Waals surface area contributed by atoms with E-state index in [4.69, 9.17) is 21.3 Å². The molecule has 0 bridgehead atoms. The van der Waals surface area contributed by atoms with E-state index in [1.165, 1.54) is 0 Å². The summed E-state index contributed by atoms with van der Waals surface area (Å²) in [4.78, 5) is 0. The minimum absolute atomic E-state index is 0.322. The van der Waals surface area contributed by atoms with Crippen LogP contribution in [-0.4, -0.2) is 19.0 Å². The SMILES string of the molecule is Oc1ccccc1.Oc1ccccc1[SiH2]Cl. The Kier molecular flexibility index (Phi) is 5.46. The molecule has 84 valence electrons. The molecule has 0 aliphatic rings. The third-order valence-corrected chi connectivity index (χ3v) is 3.64. The van der Waals surface area contributed by atoms with Crippen molar-refractivity contribution in [3.63, 3.8) is 0 Å². The van der Waals surface area contributed by atoms with Crippen LogP contribution in [0.3, 0.4) is 0 Å². The number of aromatic hydroxyl groups is 2. The Bertz CT molecular complexity index is 420. The lowest BCUT2D eigenvalue weighted by Crippen LogP contribution is -2.07. The molecule has 0 radical (unpaired) electrons. The third kappa shape index (κ3) is 4.38. The molecule has 2 aromatic rings. The highest BCUT2D eigenvalue weighted by atomic mass is 35.6. The average molecular weight is 253 g/mol. The standard InChI is InChI=1S/C6H7ClOSi.C6H6O/c7-9-6-4-2-1-3-5(6)8;7-6-4-2-1-3-5-6/h1-4,8H,9H2;1-5,7H. The van der Waals surface area contributed by atoms with Crippen LogP contribution in [0.2, 0.25) is 0 Å². The number of halogens is 1. The zero-order chi connectivity index (χ0) is 11.8. The van der Waals surface area contributed by atoms with Gasteiger partial charge in [-0.25, -0.2) is 0 Å². The van der Waals surface area contributed by atoms with Crippen molar-refractivity contribution in [1.29, 1.82) is 0 Å². The summed E-state index contributed by atoms with van der Waals surface area (Å²) >= 11 is 5.61. The van der Waals surface area contributed by atoms with Crippen molar-refractivity contribution in [3.8, 4) is 11.5 Å². The van der Waals surface area contributed by atoms with Gasteiger partial charge in [0.05, 0.1) is 0 Å². The largest absolute Gasteiger partial charge is 0.508 e. The van der Waals surface area contributed by atoms with Crippen molar-refractivity contribution in [2.24, 2.45) is 0 Å². The van der Waals surface area contributed by atoms with Crippen LogP contribution < -0.4 is 5.19 Å². The smallest absolute Gasteiger partial charge is 0.160 e. The molecular weight excluding hydrogens is 240 g/mol. The van der Waals surface area contributed by atoms with Crippen LogP contribution in [0.5, 0.6) is 11.5 Å². The van der Waals surface area contributed by atoms with Gasteiger partial charge in [0.15, 0.2) is 8.83 Å². The summed E-state index contributed by atoms with van der Waals surface area (Å²) in [5.41, 5.74) is 0. The summed E-state index contributed by atoms with van der Waals surface area (Å²) in [6.07, 6.45) is 0. The van der Waals surface area contributed by atoms with Crippen LogP contribution >= 0.6 is 11.1 Å². The quantitative estimate of drug-likeness (QED) is 0.600. The number of hydrogen-bond acceptors (Lipinski definition) is 2. The number of phenolic OH excluding ortho intramolecular Hbond substituents is 2. The lowest BCUT2D eigenvalue weighted by molar-refractivity contribution is 0.475. The molecule has 0 atom stereocenters. The Balaban J connectivity index is 0.000000165. The predicted octanol–water partition coefficient (Wildman–Crippen LogP) is 1.73. The molecule has 0 unspecified atom stereocenters. The zero-order valence-corrected chi connectivity index (χ0v) is 10.8. The summed E-state index contributed by atoms with van der Waals surface area (Å²) in [6, 6.07) is 15.9. The molecule has 2 nitrogen and oxygen atoms in total. The molecule has 0 heterocycles. The van der Waals surface area contributed by atoms with E-state index < -0.39 is 8.83 Å². The lowest BCUT2D eigenvalue weighted by atomic mass is 10.3. The molecule has 0 aliphatic carbocycles. The van der Waals surface area contributed by atoms with Crippen molar-refractivity contribution in [2.75, 3.05) is 0 Å². The predicted molar refractivity (Wildman–Crippen MR) is 70.2 cm³/mol. The molecule has 4 heteroatoms.